The van der Waals surface area contributed by atoms with Crippen molar-refractivity contribution >= 4 is 34.3 Å². The summed E-state index contributed by atoms with van der Waals surface area (Å²) in [5.41, 5.74) is 3.33. The molecule has 1 aliphatic heterocycles. The number of fused-ring (bicyclic) bond motifs is 1. The van der Waals surface area contributed by atoms with Crippen molar-refractivity contribution in [2.75, 3.05) is 19.0 Å². The summed E-state index contributed by atoms with van der Waals surface area (Å²) in [5, 5.41) is 14.7. The number of hydrogen-bond acceptors (Lipinski definition) is 7. The highest BCUT2D eigenvalue weighted by atomic mass is 32.1. The molecule has 0 fully saturated rings. The van der Waals surface area contributed by atoms with Crippen LogP contribution in [0.25, 0.3) is 0 Å². The molecule has 5 rings (SSSR count). The number of benzene rings is 2. The average Bonchev–Trinajstić information content (AvgIpc) is 3.50. The highest BCUT2D eigenvalue weighted by Gasteiger charge is 2.30. The second kappa shape index (κ2) is 9.20. The van der Waals surface area contributed by atoms with Gasteiger partial charge in [-0.25, -0.2) is 0 Å². The van der Waals surface area contributed by atoms with Crippen LogP contribution < -0.4 is 10.1 Å². The lowest BCUT2D eigenvalue weighted by Gasteiger charge is -2.35. The Morgan fingerprint density at radius 3 is 2.72 bits per heavy atom. The summed E-state index contributed by atoms with van der Waals surface area (Å²) in [6.07, 6.45) is 1.03. The summed E-state index contributed by atoms with van der Waals surface area (Å²) < 4.78 is 5.15. The van der Waals surface area contributed by atoms with Crippen molar-refractivity contribution in [3.8, 4) is 5.75 Å². The molecule has 0 bridgehead atoms. The van der Waals surface area contributed by atoms with E-state index in [4.69, 9.17) is 4.74 Å². The van der Waals surface area contributed by atoms with Gasteiger partial charge in [0, 0.05) is 17.1 Å². The van der Waals surface area contributed by atoms with Crippen molar-refractivity contribution in [1.82, 2.24) is 15.1 Å². The first-order valence-electron chi connectivity index (χ1n) is 10.3. The number of anilines is 1. The third-order valence-electron chi connectivity index (χ3n) is 5.53. The van der Waals surface area contributed by atoms with Crippen molar-refractivity contribution in [1.29, 1.82) is 0 Å². The van der Waals surface area contributed by atoms with Crippen LogP contribution in [0.4, 0.5) is 5.69 Å². The minimum Gasteiger partial charge on any atom is -0.497 e. The van der Waals surface area contributed by atoms with Gasteiger partial charge in [0.05, 0.1) is 19.7 Å². The van der Waals surface area contributed by atoms with Crippen LogP contribution in [0.15, 0.2) is 66.0 Å². The van der Waals surface area contributed by atoms with Crippen LogP contribution in [-0.2, 0) is 13.0 Å². The van der Waals surface area contributed by atoms with Crippen molar-refractivity contribution in [3.63, 3.8) is 0 Å². The number of thiophene rings is 1. The van der Waals surface area contributed by atoms with Gasteiger partial charge in [0.25, 0.3) is 5.91 Å². The largest absolute Gasteiger partial charge is 0.497 e. The molecule has 2 aromatic carbocycles. The van der Waals surface area contributed by atoms with Gasteiger partial charge in [0.1, 0.15) is 10.8 Å². The molecular formula is C24H22N4O2S2. The topological polar surface area (TPSA) is 67.3 Å². The first kappa shape index (κ1) is 20.8. The Morgan fingerprint density at radius 1 is 1.12 bits per heavy atom. The molecule has 3 heterocycles. The Kier molecular flexibility index (Phi) is 5.98. The second-order valence-electron chi connectivity index (χ2n) is 7.52. The zero-order chi connectivity index (χ0) is 21.9. The molecule has 0 aliphatic carbocycles. The molecule has 4 aromatic rings. The minimum atomic E-state index is -0.253. The maximum absolute atomic E-state index is 12.6. The van der Waals surface area contributed by atoms with E-state index in [2.05, 4.69) is 56.1 Å². The number of ether oxygens (including phenoxy) is 1. The number of rotatable bonds is 6. The van der Waals surface area contributed by atoms with Gasteiger partial charge in [0.2, 0.25) is 5.01 Å². The predicted octanol–water partition coefficient (Wildman–Crippen LogP) is 5.01. The quantitative estimate of drug-likeness (QED) is 0.436. The molecule has 1 atom stereocenters. The minimum absolute atomic E-state index is 0.187. The molecule has 0 spiro atoms. The van der Waals surface area contributed by atoms with E-state index < -0.39 is 0 Å². The Labute approximate surface area is 194 Å². The first-order chi connectivity index (χ1) is 15.7. The van der Waals surface area contributed by atoms with Gasteiger partial charge in [-0.2, -0.15) is 0 Å². The van der Waals surface area contributed by atoms with Crippen LogP contribution in [0.2, 0.25) is 0 Å². The number of carbonyl (C=O) groups is 1. The molecule has 6 nitrogen and oxygen atoms in total. The lowest BCUT2D eigenvalue weighted by molar-refractivity contribution is 0.102. The van der Waals surface area contributed by atoms with Gasteiger partial charge >= 0.3 is 0 Å². The van der Waals surface area contributed by atoms with E-state index in [-0.39, 0.29) is 11.9 Å². The van der Waals surface area contributed by atoms with Gasteiger partial charge in [-0.3, -0.25) is 9.69 Å². The maximum Gasteiger partial charge on any atom is 0.286 e. The van der Waals surface area contributed by atoms with E-state index in [1.165, 1.54) is 27.3 Å². The average molecular weight is 463 g/mol. The number of aromatic nitrogens is 2. The lowest BCUT2D eigenvalue weighted by Crippen LogP contribution is -2.34. The summed E-state index contributed by atoms with van der Waals surface area (Å²) in [6.45, 7) is 1.60. The van der Waals surface area contributed by atoms with Crippen LogP contribution >= 0.6 is 22.7 Å². The maximum atomic E-state index is 12.6. The van der Waals surface area contributed by atoms with Crippen molar-refractivity contribution in [3.05, 3.63) is 92.1 Å². The summed E-state index contributed by atoms with van der Waals surface area (Å²) in [6, 6.07) is 20.2. The molecule has 1 N–H and O–H groups in total. The number of nitrogens with one attached hydrogen (secondary N) is 1. The number of methoxy groups -OCH3 is 1. The molecule has 1 aliphatic rings. The molecule has 1 amide bonds. The lowest BCUT2D eigenvalue weighted by atomic mass is 9.93. The first-order valence-corrected chi connectivity index (χ1v) is 12.0. The van der Waals surface area contributed by atoms with Crippen LogP contribution in [0.3, 0.4) is 0 Å². The molecule has 32 heavy (non-hydrogen) atoms. The SMILES string of the molecule is COc1ccc(NC(=O)c2nnc(CN3CCc4sccc4C3c3ccccc3)s2)cc1. The zero-order valence-corrected chi connectivity index (χ0v) is 19.2. The van der Waals surface area contributed by atoms with Gasteiger partial charge in [0.15, 0.2) is 0 Å². The summed E-state index contributed by atoms with van der Waals surface area (Å²) in [7, 11) is 1.61. The van der Waals surface area contributed by atoms with E-state index in [1.54, 1.807) is 31.4 Å². The fourth-order valence-corrected chi connectivity index (χ4v) is 5.67. The van der Waals surface area contributed by atoms with Gasteiger partial charge < -0.3 is 10.1 Å². The molecule has 0 saturated heterocycles. The summed E-state index contributed by atoms with van der Waals surface area (Å²) in [4.78, 5) is 16.5. The second-order valence-corrected chi connectivity index (χ2v) is 9.58. The molecular weight excluding hydrogens is 440 g/mol. The summed E-state index contributed by atoms with van der Waals surface area (Å²) >= 11 is 3.17. The standard InChI is InChI=1S/C24H22N4O2S2/c1-30-18-9-7-17(8-10-18)25-23(29)24-27-26-21(32-24)15-28-13-11-20-19(12-14-31-20)22(28)16-5-3-2-4-6-16/h2-10,12,14,22H,11,13,15H2,1H3,(H,25,29). The Hall–Kier alpha value is -3.07. The smallest absolute Gasteiger partial charge is 0.286 e. The predicted molar refractivity (Wildman–Crippen MR) is 128 cm³/mol. The molecule has 1 unspecified atom stereocenters. The number of amides is 1. The third-order valence-corrected chi connectivity index (χ3v) is 7.43. The van der Waals surface area contributed by atoms with Gasteiger partial charge in [-0.15, -0.1) is 21.5 Å². The number of nitrogens with zero attached hydrogens (tertiary/aromatic N) is 3. The van der Waals surface area contributed by atoms with Crippen LogP contribution in [-0.4, -0.2) is 34.7 Å². The Balaban J connectivity index is 1.32. The highest BCUT2D eigenvalue weighted by Crippen LogP contribution is 2.38. The molecule has 162 valence electrons. The van der Waals surface area contributed by atoms with E-state index >= 15 is 0 Å². The van der Waals surface area contributed by atoms with Gasteiger partial charge in [-0.1, -0.05) is 41.7 Å². The normalized spacial score (nSPS) is 15.8. The van der Waals surface area contributed by atoms with Crippen LogP contribution in [0, 0.1) is 0 Å². The van der Waals surface area contributed by atoms with Crippen molar-refractivity contribution < 1.29 is 9.53 Å². The molecule has 0 saturated carbocycles. The zero-order valence-electron chi connectivity index (χ0n) is 17.5. The molecule has 8 heteroatoms. The van der Waals surface area contributed by atoms with Gasteiger partial charge in [-0.05, 0) is 53.3 Å². The number of carbonyl (C=O) groups excluding carboxylic acids is 1. The molecule has 0 radical (unpaired) electrons. The number of hydrogen-bond donors (Lipinski definition) is 1. The van der Waals surface area contributed by atoms with E-state index in [9.17, 15) is 4.79 Å². The monoisotopic (exact) mass is 462 g/mol. The summed E-state index contributed by atoms with van der Waals surface area (Å²) in [5.74, 6) is 0.488. The third kappa shape index (κ3) is 4.29. The molecule has 2 aromatic heterocycles. The highest BCUT2D eigenvalue weighted by molar-refractivity contribution is 7.13. The van der Waals surface area contributed by atoms with E-state index in [1.807, 2.05) is 17.4 Å². The Bertz CT molecular complexity index is 1200. The van der Waals surface area contributed by atoms with Crippen molar-refractivity contribution in [2.45, 2.75) is 19.0 Å². The fraction of sp³-hybridized carbons (Fsp3) is 0.208. The van der Waals surface area contributed by atoms with E-state index in [0.29, 0.717) is 17.2 Å². The van der Waals surface area contributed by atoms with Crippen LogP contribution in [0.1, 0.15) is 36.9 Å². The van der Waals surface area contributed by atoms with Crippen molar-refractivity contribution in [2.24, 2.45) is 0 Å². The fourth-order valence-electron chi connectivity index (χ4n) is 4.01. The Morgan fingerprint density at radius 2 is 1.94 bits per heavy atom. The van der Waals surface area contributed by atoms with E-state index in [0.717, 1.165) is 23.7 Å². The van der Waals surface area contributed by atoms with Crippen LogP contribution in [0.5, 0.6) is 5.75 Å².